The van der Waals surface area contributed by atoms with Crippen LogP contribution in [-0.2, 0) is 11.3 Å². The molecule has 7 nitrogen and oxygen atoms in total. The molecule has 0 bridgehead atoms. The summed E-state index contributed by atoms with van der Waals surface area (Å²) in [4.78, 5) is 20.2. The molecule has 2 aliphatic rings. The normalized spacial score (nSPS) is 16.7. The summed E-state index contributed by atoms with van der Waals surface area (Å²) in [7, 11) is 4.06. The van der Waals surface area contributed by atoms with E-state index >= 15 is 0 Å². The highest BCUT2D eigenvalue weighted by Gasteiger charge is 2.36. The summed E-state index contributed by atoms with van der Waals surface area (Å²) in [6, 6.07) is 21.0. The van der Waals surface area contributed by atoms with Gasteiger partial charge in [-0.25, -0.2) is 0 Å². The zero-order valence-electron chi connectivity index (χ0n) is 19.0. The van der Waals surface area contributed by atoms with Crippen molar-refractivity contribution in [2.24, 2.45) is 4.99 Å². The van der Waals surface area contributed by atoms with E-state index in [1.165, 1.54) is 5.56 Å². The van der Waals surface area contributed by atoms with Crippen molar-refractivity contribution < 1.29 is 14.3 Å². The van der Waals surface area contributed by atoms with Gasteiger partial charge < -0.3 is 19.7 Å². The highest BCUT2D eigenvalue weighted by molar-refractivity contribution is 6.24. The molecule has 1 unspecified atom stereocenters. The first-order chi connectivity index (χ1) is 16.5. The van der Waals surface area contributed by atoms with Crippen LogP contribution in [0.1, 0.15) is 28.2 Å². The molecular weight excluding hydrogens is 428 g/mol. The van der Waals surface area contributed by atoms with Crippen LogP contribution in [0, 0.1) is 11.3 Å². The van der Waals surface area contributed by atoms with Crippen molar-refractivity contribution in [3.05, 3.63) is 82.9 Å². The molecule has 2 heterocycles. The molecule has 3 aromatic rings. The third kappa shape index (κ3) is 4.24. The van der Waals surface area contributed by atoms with Gasteiger partial charge in [-0.3, -0.25) is 9.79 Å². The minimum absolute atomic E-state index is 0.178. The first-order valence-electron chi connectivity index (χ1n) is 11.1. The van der Waals surface area contributed by atoms with Gasteiger partial charge in [-0.05, 0) is 67.7 Å². The number of hydrogen-bond acceptors (Lipinski definition) is 6. The van der Waals surface area contributed by atoms with E-state index in [0.717, 1.165) is 23.4 Å². The minimum Gasteiger partial charge on any atom is -0.486 e. The number of nitriles is 1. The van der Waals surface area contributed by atoms with Crippen LogP contribution in [0.25, 0.3) is 0 Å². The van der Waals surface area contributed by atoms with Gasteiger partial charge in [0.2, 0.25) is 5.91 Å². The standard InChI is InChI=1S/C27H24N4O3/c1-31(2)16-17-3-7-20(8-4-17)29-26(19-6-10-23-24(14-19)34-12-11-33-23)25-21-9-5-18(15-28)13-22(21)30-27(25)32/h3-10,13-14,25H,11-12,16H2,1-2H3,(H,30,32). The molecule has 0 spiro atoms. The quantitative estimate of drug-likeness (QED) is 0.585. The number of aliphatic imine (C=N–C) groups is 1. The summed E-state index contributed by atoms with van der Waals surface area (Å²) < 4.78 is 11.5. The Bertz CT molecular complexity index is 1320. The summed E-state index contributed by atoms with van der Waals surface area (Å²) in [5, 5.41) is 12.2. The van der Waals surface area contributed by atoms with Crippen LogP contribution in [-0.4, -0.2) is 43.8 Å². The van der Waals surface area contributed by atoms with E-state index in [1.54, 1.807) is 12.1 Å². The van der Waals surface area contributed by atoms with E-state index < -0.39 is 5.92 Å². The summed E-state index contributed by atoms with van der Waals surface area (Å²) in [5.41, 5.74) is 5.24. The van der Waals surface area contributed by atoms with Crippen molar-refractivity contribution in [2.45, 2.75) is 12.5 Å². The third-order valence-electron chi connectivity index (χ3n) is 5.81. The average Bonchev–Trinajstić information content (AvgIpc) is 3.17. The molecule has 1 N–H and O–H groups in total. The van der Waals surface area contributed by atoms with E-state index in [1.807, 2.05) is 62.6 Å². The Labute approximate surface area is 198 Å². The van der Waals surface area contributed by atoms with Crippen LogP contribution in [0.2, 0.25) is 0 Å². The first kappa shape index (κ1) is 21.7. The molecule has 170 valence electrons. The lowest BCUT2D eigenvalue weighted by Crippen LogP contribution is -2.22. The second kappa shape index (κ2) is 9.00. The van der Waals surface area contributed by atoms with Crippen molar-refractivity contribution in [3.63, 3.8) is 0 Å². The fourth-order valence-corrected chi connectivity index (χ4v) is 4.28. The predicted molar refractivity (Wildman–Crippen MR) is 130 cm³/mol. The number of ether oxygens (including phenoxy) is 2. The maximum atomic E-state index is 13.2. The molecule has 3 aromatic carbocycles. The van der Waals surface area contributed by atoms with Gasteiger partial charge in [0.1, 0.15) is 19.1 Å². The molecule has 2 aliphatic heterocycles. The molecular formula is C27H24N4O3. The van der Waals surface area contributed by atoms with E-state index in [2.05, 4.69) is 16.3 Å². The molecule has 0 saturated carbocycles. The molecule has 1 amide bonds. The third-order valence-corrected chi connectivity index (χ3v) is 5.81. The van der Waals surface area contributed by atoms with Crippen LogP contribution in [0.5, 0.6) is 11.5 Å². The second-order valence-electron chi connectivity index (χ2n) is 8.60. The zero-order valence-corrected chi connectivity index (χ0v) is 19.0. The number of hydrogen-bond donors (Lipinski definition) is 1. The Balaban J connectivity index is 1.61. The number of nitrogens with one attached hydrogen (secondary N) is 1. The van der Waals surface area contributed by atoms with Crippen LogP contribution >= 0.6 is 0 Å². The Morgan fingerprint density at radius 3 is 2.56 bits per heavy atom. The summed E-state index contributed by atoms with van der Waals surface area (Å²) in [5.74, 6) is 0.517. The number of amides is 1. The highest BCUT2D eigenvalue weighted by Crippen LogP contribution is 2.39. The van der Waals surface area contributed by atoms with E-state index in [-0.39, 0.29) is 5.91 Å². The molecule has 1 atom stereocenters. The van der Waals surface area contributed by atoms with Gasteiger partial charge in [-0.2, -0.15) is 5.26 Å². The van der Waals surface area contributed by atoms with Crippen molar-refractivity contribution in [3.8, 4) is 17.6 Å². The van der Waals surface area contributed by atoms with Crippen LogP contribution in [0.3, 0.4) is 0 Å². The highest BCUT2D eigenvalue weighted by atomic mass is 16.6. The van der Waals surface area contributed by atoms with Gasteiger partial charge in [-0.1, -0.05) is 18.2 Å². The van der Waals surface area contributed by atoms with Crippen LogP contribution in [0.4, 0.5) is 11.4 Å². The topological polar surface area (TPSA) is 87.0 Å². The lowest BCUT2D eigenvalue weighted by molar-refractivity contribution is -0.115. The molecule has 34 heavy (non-hydrogen) atoms. The van der Waals surface area contributed by atoms with E-state index in [9.17, 15) is 10.1 Å². The van der Waals surface area contributed by atoms with Gasteiger partial charge in [0.05, 0.1) is 23.0 Å². The molecule has 7 heteroatoms. The summed E-state index contributed by atoms with van der Waals surface area (Å²) in [6.07, 6.45) is 0. The summed E-state index contributed by atoms with van der Waals surface area (Å²) in [6.45, 7) is 1.81. The van der Waals surface area contributed by atoms with Crippen molar-refractivity contribution in [2.75, 3.05) is 32.6 Å². The Kier molecular flexibility index (Phi) is 5.74. The number of rotatable bonds is 5. The lowest BCUT2D eigenvalue weighted by Gasteiger charge is -2.20. The monoisotopic (exact) mass is 452 g/mol. The largest absolute Gasteiger partial charge is 0.486 e. The molecule has 0 fully saturated rings. The van der Waals surface area contributed by atoms with E-state index in [4.69, 9.17) is 14.5 Å². The second-order valence-corrected chi connectivity index (χ2v) is 8.60. The molecule has 5 rings (SSSR count). The molecule has 0 aliphatic carbocycles. The van der Waals surface area contributed by atoms with E-state index in [0.29, 0.717) is 41.7 Å². The van der Waals surface area contributed by atoms with Crippen LogP contribution in [0.15, 0.2) is 65.7 Å². The first-order valence-corrected chi connectivity index (χ1v) is 11.1. The van der Waals surface area contributed by atoms with Gasteiger partial charge >= 0.3 is 0 Å². The smallest absolute Gasteiger partial charge is 0.238 e. The van der Waals surface area contributed by atoms with Crippen LogP contribution < -0.4 is 14.8 Å². The number of carbonyl (C=O) groups excluding carboxylic acids is 1. The zero-order chi connectivity index (χ0) is 23.7. The Morgan fingerprint density at radius 1 is 1.06 bits per heavy atom. The Hall–Kier alpha value is -4.15. The number of benzene rings is 3. The SMILES string of the molecule is CN(C)Cc1ccc(N=C(c2ccc3c(c2)OCCO3)C2C(=O)Nc3cc(C#N)ccc32)cc1. The van der Waals surface area contributed by atoms with Gasteiger partial charge in [0.25, 0.3) is 0 Å². The fourth-order valence-electron chi connectivity index (χ4n) is 4.28. The fraction of sp³-hybridized carbons (Fsp3) is 0.222. The predicted octanol–water partition coefficient (Wildman–Crippen LogP) is 4.25. The number of nitrogens with zero attached hydrogens (tertiary/aromatic N) is 3. The van der Waals surface area contributed by atoms with Crippen molar-refractivity contribution in [1.29, 1.82) is 5.26 Å². The maximum Gasteiger partial charge on any atom is 0.238 e. The maximum absolute atomic E-state index is 13.2. The lowest BCUT2D eigenvalue weighted by atomic mass is 9.90. The molecule has 0 aromatic heterocycles. The van der Waals surface area contributed by atoms with Crippen molar-refractivity contribution in [1.82, 2.24) is 4.90 Å². The van der Waals surface area contributed by atoms with Gasteiger partial charge in [0, 0.05) is 17.8 Å². The minimum atomic E-state index is -0.619. The average molecular weight is 453 g/mol. The van der Waals surface area contributed by atoms with Crippen molar-refractivity contribution >= 4 is 23.0 Å². The number of fused-ring (bicyclic) bond motifs is 2. The van der Waals surface area contributed by atoms with Gasteiger partial charge in [-0.15, -0.1) is 0 Å². The van der Waals surface area contributed by atoms with Gasteiger partial charge in [0.15, 0.2) is 11.5 Å². The number of carbonyl (C=O) groups is 1. The number of anilines is 1. The Morgan fingerprint density at radius 2 is 1.82 bits per heavy atom. The summed E-state index contributed by atoms with van der Waals surface area (Å²) >= 11 is 0. The molecule has 0 saturated heterocycles. The molecule has 0 radical (unpaired) electrons.